The highest BCUT2D eigenvalue weighted by Gasteiger charge is 2.29. The molecule has 0 aliphatic heterocycles. The number of halogens is 1. The van der Waals surface area contributed by atoms with Crippen LogP contribution in [-0.2, 0) is 6.54 Å². The summed E-state index contributed by atoms with van der Waals surface area (Å²) < 4.78 is 1.96. The molecule has 2 aromatic rings. The van der Waals surface area contributed by atoms with E-state index in [4.69, 9.17) is 11.6 Å². The second-order valence-corrected chi connectivity index (χ2v) is 5.58. The molecule has 0 atom stereocenters. The van der Waals surface area contributed by atoms with Gasteiger partial charge in [0.05, 0.1) is 6.54 Å². The predicted octanol–water partition coefficient (Wildman–Crippen LogP) is 3.07. The van der Waals surface area contributed by atoms with Crippen molar-refractivity contribution in [2.45, 2.75) is 31.3 Å². The minimum Gasteiger partial charge on any atom is -0.312 e. The molecule has 1 saturated carbocycles. The molecule has 0 spiro atoms. The van der Waals surface area contributed by atoms with Crippen molar-refractivity contribution in [3.05, 3.63) is 53.3 Å². The first-order valence-electron chi connectivity index (χ1n) is 6.77. The molecule has 1 aliphatic carbocycles. The highest BCUT2D eigenvalue weighted by molar-refractivity contribution is 6.30. The van der Waals surface area contributed by atoms with Crippen molar-refractivity contribution in [3.8, 4) is 0 Å². The molecular formula is C15H18ClN3. The van der Waals surface area contributed by atoms with Crippen LogP contribution in [0.2, 0.25) is 5.02 Å². The fraction of sp³-hybridized carbons (Fsp3) is 0.400. The summed E-state index contributed by atoms with van der Waals surface area (Å²) in [5.41, 5.74) is 1.41. The largest absolute Gasteiger partial charge is 0.312 e. The van der Waals surface area contributed by atoms with Gasteiger partial charge in [-0.1, -0.05) is 23.7 Å². The molecule has 1 fully saturated rings. The number of nitrogens with one attached hydrogen (secondary N) is 1. The van der Waals surface area contributed by atoms with Crippen LogP contribution in [0.25, 0.3) is 0 Å². The van der Waals surface area contributed by atoms with Crippen LogP contribution in [0.5, 0.6) is 0 Å². The Morgan fingerprint density at radius 1 is 1.26 bits per heavy atom. The molecule has 100 valence electrons. The van der Waals surface area contributed by atoms with E-state index >= 15 is 0 Å². The number of aromatic nitrogens is 2. The number of benzene rings is 1. The minimum absolute atomic E-state index is 0.649. The van der Waals surface area contributed by atoms with Gasteiger partial charge in [0.2, 0.25) is 0 Å². The van der Waals surface area contributed by atoms with Crippen LogP contribution in [-0.4, -0.2) is 22.4 Å². The third-order valence-corrected chi connectivity index (χ3v) is 4.06. The first-order valence-corrected chi connectivity index (χ1v) is 7.15. The highest BCUT2D eigenvalue weighted by atomic mass is 35.5. The standard InChI is InChI=1S/C15H18ClN3/c16-14-4-2-12(3-5-14)13-10-15(11-13)17-7-9-19-8-1-6-18-19/h1-6,8,13,15,17H,7,9-11H2. The Balaban J connectivity index is 1.39. The van der Waals surface area contributed by atoms with Crippen LogP contribution in [0.1, 0.15) is 24.3 Å². The summed E-state index contributed by atoms with van der Waals surface area (Å²) >= 11 is 5.90. The van der Waals surface area contributed by atoms with Crippen molar-refractivity contribution in [1.82, 2.24) is 15.1 Å². The van der Waals surface area contributed by atoms with Crippen molar-refractivity contribution in [2.75, 3.05) is 6.54 Å². The number of hydrogen-bond donors (Lipinski definition) is 1. The lowest BCUT2D eigenvalue weighted by Crippen LogP contribution is -2.41. The first kappa shape index (κ1) is 12.7. The second kappa shape index (κ2) is 5.76. The van der Waals surface area contributed by atoms with Gasteiger partial charge in [-0.15, -0.1) is 0 Å². The normalized spacial score (nSPS) is 22.2. The van der Waals surface area contributed by atoms with Crippen LogP contribution < -0.4 is 5.32 Å². The molecule has 3 rings (SSSR count). The molecule has 0 bridgehead atoms. The van der Waals surface area contributed by atoms with E-state index in [9.17, 15) is 0 Å². The number of hydrogen-bond acceptors (Lipinski definition) is 2. The molecule has 1 N–H and O–H groups in total. The molecule has 3 nitrogen and oxygen atoms in total. The Labute approximate surface area is 118 Å². The van der Waals surface area contributed by atoms with E-state index in [1.165, 1.54) is 18.4 Å². The first-order chi connectivity index (χ1) is 9.31. The van der Waals surface area contributed by atoms with Crippen LogP contribution >= 0.6 is 11.6 Å². The number of nitrogens with zero attached hydrogens (tertiary/aromatic N) is 2. The smallest absolute Gasteiger partial charge is 0.0534 e. The lowest BCUT2D eigenvalue weighted by molar-refractivity contribution is 0.286. The van der Waals surface area contributed by atoms with Crippen molar-refractivity contribution in [2.24, 2.45) is 0 Å². The SMILES string of the molecule is Clc1ccc(C2CC(NCCn3cccn3)C2)cc1. The van der Waals surface area contributed by atoms with Gasteiger partial charge in [-0.3, -0.25) is 4.68 Å². The Hall–Kier alpha value is -1.32. The summed E-state index contributed by atoms with van der Waals surface area (Å²) in [6.07, 6.45) is 6.26. The molecule has 0 unspecified atom stereocenters. The maximum Gasteiger partial charge on any atom is 0.0534 e. The van der Waals surface area contributed by atoms with Gasteiger partial charge >= 0.3 is 0 Å². The third-order valence-electron chi connectivity index (χ3n) is 3.81. The van der Waals surface area contributed by atoms with E-state index in [0.717, 1.165) is 18.1 Å². The summed E-state index contributed by atoms with van der Waals surface area (Å²) in [6, 6.07) is 10.9. The van der Waals surface area contributed by atoms with Crippen molar-refractivity contribution in [3.63, 3.8) is 0 Å². The maximum absolute atomic E-state index is 5.90. The molecule has 0 radical (unpaired) electrons. The van der Waals surface area contributed by atoms with Gasteiger partial charge in [0.25, 0.3) is 0 Å². The average Bonchev–Trinajstić information content (AvgIpc) is 2.87. The topological polar surface area (TPSA) is 29.9 Å². The van der Waals surface area contributed by atoms with Gasteiger partial charge in [-0.2, -0.15) is 5.10 Å². The van der Waals surface area contributed by atoms with Crippen LogP contribution in [0.3, 0.4) is 0 Å². The van der Waals surface area contributed by atoms with E-state index < -0.39 is 0 Å². The third kappa shape index (κ3) is 3.17. The van der Waals surface area contributed by atoms with Crippen LogP contribution in [0.4, 0.5) is 0 Å². The zero-order chi connectivity index (χ0) is 13.1. The predicted molar refractivity (Wildman–Crippen MR) is 77.4 cm³/mol. The lowest BCUT2D eigenvalue weighted by Gasteiger charge is -2.36. The molecular weight excluding hydrogens is 258 g/mol. The van der Waals surface area contributed by atoms with E-state index in [-0.39, 0.29) is 0 Å². The lowest BCUT2D eigenvalue weighted by atomic mass is 9.76. The summed E-state index contributed by atoms with van der Waals surface area (Å²) in [5.74, 6) is 0.694. The fourth-order valence-corrected chi connectivity index (χ4v) is 2.73. The Morgan fingerprint density at radius 3 is 2.74 bits per heavy atom. The Bertz CT molecular complexity index is 501. The molecule has 0 saturated heterocycles. The van der Waals surface area contributed by atoms with Gasteiger partial charge in [-0.25, -0.2) is 0 Å². The van der Waals surface area contributed by atoms with Gasteiger partial charge < -0.3 is 5.32 Å². The molecule has 1 heterocycles. The Kier molecular flexibility index (Phi) is 3.85. The van der Waals surface area contributed by atoms with Crippen molar-refractivity contribution < 1.29 is 0 Å². The van der Waals surface area contributed by atoms with Crippen LogP contribution in [0.15, 0.2) is 42.7 Å². The van der Waals surface area contributed by atoms with E-state index in [1.54, 1.807) is 0 Å². The summed E-state index contributed by atoms with van der Waals surface area (Å²) in [6.45, 7) is 1.93. The second-order valence-electron chi connectivity index (χ2n) is 5.14. The summed E-state index contributed by atoms with van der Waals surface area (Å²) in [4.78, 5) is 0. The van der Waals surface area contributed by atoms with E-state index in [0.29, 0.717) is 12.0 Å². The van der Waals surface area contributed by atoms with Gasteiger partial charge in [0.15, 0.2) is 0 Å². The van der Waals surface area contributed by atoms with Crippen molar-refractivity contribution in [1.29, 1.82) is 0 Å². The van der Waals surface area contributed by atoms with Crippen molar-refractivity contribution >= 4 is 11.6 Å². The zero-order valence-corrected chi connectivity index (χ0v) is 11.6. The monoisotopic (exact) mass is 275 g/mol. The minimum atomic E-state index is 0.649. The van der Waals surface area contributed by atoms with E-state index in [1.807, 2.05) is 35.3 Å². The molecule has 1 aromatic heterocycles. The fourth-order valence-electron chi connectivity index (χ4n) is 2.61. The maximum atomic E-state index is 5.90. The quantitative estimate of drug-likeness (QED) is 0.909. The van der Waals surface area contributed by atoms with Gasteiger partial charge in [-0.05, 0) is 42.5 Å². The molecule has 19 heavy (non-hydrogen) atoms. The molecule has 1 aromatic carbocycles. The molecule has 1 aliphatic rings. The zero-order valence-electron chi connectivity index (χ0n) is 10.8. The average molecular weight is 276 g/mol. The summed E-state index contributed by atoms with van der Waals surface area (Å²) in [7, 11) is 0. The molecule has 0 amide bonds. The Morgan fingerprint density at radius 2 is 2.05 bits per heavy atom. The summed E-state index contributed by atoms with van der Waals surface area (Å²) in [5, 5.41) is 8.59. The highest BCUT2D eigenvalue weighted by Crippen LogP contribution is 2.37. The van der Waals surface area contributed by atoms with Gasteiger partial charge in [0.1, 0.15) is 0 Å². The van der Waals surface area contributed by atoms with E-state index in [2.05, 4.69) is 22.5 Å². The van der Waals surface area contributed by atoms with Crippen LogP contribution in [0, 0.1) is 0 Å². The number of rotatable bonds is 5. The van der Waals surface area contributed by atoms with Gasteiger partial charge in [0, 0.05) is 30.0 Å². The molecule has 4 heteroatoms.